The van der Waals surface area contributed by atoms with Crippen molar-refractivity contribution in [1.29, 1.82) is 0 Å². The van der Waals surface area contributed by atoms with Crippen LogP contribution in [0.25, 0.3) is 0 Å². The fourth-order valence-corrected chi connectivity index (χ4v) is 2.48. The van der Waals surface area contributed by atoms with Crippen molar-refractivity contribution < 1.29 is 9.53 Å². The van der Waals surface area contributed by atoms with E-state index in [9.17, 15) is 4.79 Å². The number of methoxy groups -OCH3 is 1. The SMILES string of the molecule is COC(=O)c1cccc(N=Cc2cc(C)n(C(C)C)c2)c1C. The molecule has 22 heavy (non-hydrogen) atoms. The number of hydrogen-bond acceptors (Lipinski definition) is 3. The van der Waals surface area contributed by atoms with Crippen LogP contribution in [0.4, 0.5) is 5.69 Å². The van der Waals surface area contributed by atoms with Gasteiger partial charge in [0.15, 0.2) is 0 Å². The molecule has 0 spiro atoms. The van der Waals surface area contributed by atoms with Crippen LogP contribution in [0.2, 0.25) is 0 Å². The number of ether oxygens (including phenoxy) is 1. The number of aromatic nitrogens is 1. The molecule has 0 saturated heterocycles. The van der Waals surface area contributed by atoms with Crippen molar-refractivity contribution in [3.05, 3.63) is 52.8 Å². The van der Waals surface area contributed by atoms with Crippen molar-refractivity contribution in [1.82, 2.24) is 4.57 Å². The zero-order valence-electron chi connectivity index (χ0n) is 13.8. The third kappa shape index (κ3) is 3.27. The monoisotopic (exact) mass is 298 g/mol. The van der Waals surface area contributed by atoms with Gasteiger partial charge in [-0.1, -0.05) is 6.07 Å². The topological polar surface area (TPSA) is 43.6 Å². The molecule has 116 valence electrons. The van der Waals surface area contributed by atoms with Crippen LogP contribution in [0, 0.1) is 13.8 Å². The van der Waals surface area contributed by atoms with E-state index in [1.54, 1.807) is 6.07 Å². The van der Waals surface area contributed by atoms with Crippen LogP contribution >= 0.6 is 0 Å². The lowest BCUT2D eigenvalue weighted by molar-refractivity contribution is 0.0600. The van der Waals surface area contributed by atoms with E-state index in [-0.39, 0.29) is 5.97 Å². The molecule has 0 unspecified atom stereocenters. The third-order valence-corrected chi connectivity index (χ3v) is 3.69. The molecule has 0 bridgehead atoms. The Bertz CT molecular complexity index is 712. The number of benzene rings is 1. The van der Waals surface area contributed by atoms with Gasteiger partial charge in [-0.2, -0.15) is 0 Å². The first kappa shape index (κ1) is 16.0. The van der Waals surface area contributed by atoms with E-state index in [1.807, 2.05) is 25.3 Å². The van der Waals surface area contributed by atoms with Gasteiger partial charge in [-0.3, -0.25) is 4.99 Å². The Kier molecular flexibility index (Phi) is 4.81. The van der Waals surface area contributed by atoms with Gasteiger partial charge in [0.2, 0.25) is 0 Å². The van der Waals surface area contributed by atoms with Crippen LogP contribution in [0.1, 0.15) is 47.1 Å². The van der Waals surface area contributed by atoms with Crippen LogP contribution in [-0.4, -0.2) is 23.9 Å². The minimum Gasteiger partial charge on any atom is -0.465 e. The van der Waals surface area contributed by atoms with E-state index in [0.29, 0.717) is 11.6 Å². The Morgan fingerprint density at radius 1 is 1.32 bits per heavy atom. The van der Waals surface area contributed by atoms with Crippen LogP contribution in [0.5, 0.6) is 0 Å². The average Bonchev–Trinajstić information content (AvgIpc) is 2.86. The second-order valence-electron chi connectivity index (χ2n) is 5.62. The number of hydrogen-bond donors (Lipinski definition) is 0. The summed E-state index contributed by atoms with van der Waals surface area (Å²) >= 11 is 0. The third-order valence-electron chi connectivity index (χ3n) is 3.69. The highest BCUT2D eigenvalue weighted by molar-refractivity contribution is 5.93. The Labute approximate surface area is 131 Å². The number of carbonyl (C=O) groups excluding carboxylic acids is 1. The molecule has 4 nitrogen and oxygen atoms in total. The van der Waals surface area contributed by atoms with Gasteiger partial charge in [0.25, 0.3) is 0 Å². The molecule has 1 aromatic carbocycles. The number of aliphatic imine (C=N–C) groups is 1. The van der Waals surface area contributed by atoms with E-state index in [0.717, 1.165) is 16.8 Å². The normalized spacial score (nSPS) is 11.4. The first-order chi connectivity index (χ1) is 10.4. The van der Waals surface area contributed by atoms with Crippen LogP contribution in [0.3, 0.4) is 0 Å². The van der Waals surface area contributed by atoms with Gasteiger partial charge in [-0.05, 0) is 51.5 Å². The summed E-state index contributed by atoms with van der Waals surface area (Å²) in [6.07, 6.45) is 3.91. The molecular formula is C18H22N2O2. The second-order valence-corrected chi connectivity index (χ2v) is 5.62. The average molecular weight is 298 g/mol. The second kappa shape index (κ2) is 6.60. The summed E-state index contributed by atoms with van der Waals surface area (Å²) in [7, 11) is 1.38. The molecule has 0 atom stereocenters. The summed E-state index contributed by atoms with van der Waals surface area (Å²) < 4.78 is 6.99. The maximum absolute atomic E-state index is 11.7. The molecule has 0 aliphatic heterocycles. The van der Waals surface area contributed by atoms with Crippen molar-refractivity contribution in [2.45, 2.75) is 33.7 Å². The van der Waals surface area contributed by atoms with Crippen LogP contribution < -0.4 is 0 Å². The highest BCUT2D eigenvalue weighted by Gasteiger charge is 2.11. The predicted octanol–water partition coefficient (Wildman–Crippen LogP) is 4.22. The Hall–Kier alpha value is -2.36. The van der Waals surface area contributed by atoms with Crippen molar-refractivity contribution in [3.63, 3.8) is 0 Å². The molecule has 0 aliphatic rings. The summed E-state index contributed by atoms with van der Waals surface area (Å²) in [6.45, 7) is 8.26. The van der Waals surface area contributed by atoms with Crippen molar-refractivity contribution in [2.75, 3.05) is 7.11 Å². The molecule has 0 aliphatic carbocycles. The number of esters is 1. The highest BCUT2D eigenvalue weighted by atomic mass is 16.5. The largest absolute Gasteiger partial charge is 0.465 e. The van der Waals surface area contributed by atoms with Crippen molar-refractivity contribution in [3.8, 4) is 0 Å². The lowest BCUT2D eigenvalue weighted by Crippen LogP contribution is -2.03. The van der Waals surface area contributed by atoms with Gasteiger partial charge in [0.1, 0.15) is 0 Å². The van der Waals surface area contributed by atoms with E-state index in [4.69, 9.17) is 4.74 Å². The molecule has 1 aromatic heterocycles. The summed E-state index contributed by atoms with van der Waals surface area (Å²) in [4.78, 5) is 16.2. The number of aryl methyl sites for hydroxylation is 1. The molecule has 0 N–H and O–H groups in total. The summed E-state index contributed by atoms with van der Waals surface area (Å²) in [5.74, 6) is -0.337. The van der Waals surface area contributed by atoms with E-state index in [2.05, 4.69) is 42.6 Å². The van der Waals surface area contributed by atoms with Gasteiger partial charge < -0.3 is 9.30 Å². The Morgan fingerprint density at radius 2 is 2.05 bits per heavy atom. The number of carbonyl (C=O) groups is 1. The summed E-state index contributed by atoms with van der Waals surface area (Å²) in [6, 6.07) is 7.98. The van der Waals surface area contributed by atoms with Gasteiger partial charge in [-0.25, -0.2) is 4.79 Å². The standard InChI is InChI=1S/C18H22N2O2/c1-12(2)20-11-15(9-13(20)3)10-19-17-8-6-7-16(14(17)4)18(21)22-5/h6-12H,1-5H3. The van der Waals surface area contributed by atoms with Gasteiger partial charge in [0.05, 0.1) is 18.4 Å². The summed E-state index contributed by atoms with van der Waals surface area (Å²) in [5.41, 5.74) is 4.40. The zero-order chi connectivity index (χ0) is 16.3. The molecule has 0 saturated carbocycles. The number of rotatable bonds is 4. The van der Waals surface area contributed by atoms with Gasteiger partial charge in [0, 0.05) is 29.7 Å². The van der Waals surface area contributed by atoms with E-state index >= 15 is 0 Å². The lowest BCUT2D eigenvalue weighted by Gasteiger charge is -2.08. The molecule has 0 amide bonds. The van der Waals surface area contributed by atoms with Gasteiger partial charge >= 0.3 is 5.97 Å². The zero-order valence-corrected chi connectivity index (χ0v) is 13.8. The molecule has 0 fully saturated rings. The molecule has 0 radical (unpaired) electrons. The molecule has 1 heterocycles. The van der Waals surface area contributed by atoms with E-state index < -0.39 is 0 Å². The predicted molar refractivity (Wildman–Crippen MR) is 89.3 cm³/mol. The fourth-order valence-electron chi connectivity index (χ4n) is 2.48. The van der Waals surface area contributed by atoms with Crippen molar-refractivity contribution >= 4 is 17.9 Å². The molecular weight excluding hydrogens is 276 g/mol. The fraction of sp³-hybridized carbons (Fsp3) is 0.333. The number of nitrogens with zero attached hydrogens (tertiary/aromatic N) is 2. The maximum atomic E-state index is 11.7. The van der Waals surface area contributed by atoms with Crippen molar-refractivity contribution in [2.24, 2.45) is 4.99 Å². The minimum absolute atomic E-state index is 0.337. The molecule has 2 aromatic rings. The smallest absolute Gasteiger partial charge is 0.338 e. The Balaban J connectivity index is 2.31. The molecule has 2 rings (SSSR count). The van der Waals surface area contributed by atoms with Crippen LogP contribution in [0.15, 0.2) is 35.5 Å². The Morgan fingerprint density at radius 3 is 2.64 bits per heavy atom. The first-order valence-corrected chi connectivity index (χ1v) is 7.34. The maximum Gasteiger partial charge on any atom is 0.338 e. The van der Waals surface area contributed by atoms with Gasteiger partial charge in [-0.15, -0.1) is 0 Å². The van der Waals surface area contributed by atoms with E-state index in [1.165, 1.54) is 12.8 Å². The van der Waals surface area contributed by atoms with Crippen LogP contribution in [-0.2, 0) is 4.74 Å². The minimum atomic E-state index is -0.337. The summed E-state index contributed by atoms with van der Waals surface area (Å²) in [5, 5.41) is 0. The quantitative estimate of drug-likeness (QED) is 0.626. The lowest BCUT2D eigenvalue weighted by atomic mass is 10.1. The highest BCUT2D eigenvalue weighted by Crippen LogP contribution is 2.23. The molecule has 4 heteroatoms. The first-order valence-electron chi connectivity index (χ1n) is 7.34.